The van der Waals surface area contributed by atoms with Crippen LogP contribution in [0.2, 0.25) is 0 Å². The van der Waals surface area contributed by atoms with Crippen molar-refractivity contribution in [2.24, 2.45) is 5.92 Å². The van der Waals surface area contributed by atoms with Crippen LogP contribution in [0.5, 0.6) is 0 Å². The van der Waals surface area contributed by atoms with Gasteiger partial charge in [-0.05, 0) is 63.3 Å². The maximum Gasteiger partial charge on any atom is 0.00383 e. The molecular formula is C15H25N. The molecule has 1 N–H and O–H groups in total. The lowest BCUT2D eigenvalue weighted by Crippen LogP contribution is -2.24. The molecule has 0 aliphatic rings. The molecule has 0 aliphatic heterocycles. The molecular weight excluding hydrogens is 194 g/mol. The van der Waals surface area contributed by atoms with Crippen molar-refractivity contribution in [2.45, 2.75) is 46.6 Å². The Morgan fingerprint density at radius 1 is 1.12 bits per heavy atom. The van der Waals surface area contributed by atoms with E-state index >= 15 is 0 Å². The summed E-state index contributed by atoms with van der Waals surface area (Å²) in [5, 5.41) is 3.30. The maximum absolute atomic E-state index is 3.30. The molecule has 0 amide bonds. The fourth-order valence-electron chi connectivity index (χ4n) is 2.14. The van der Waals surface area contributed by atoms with Crippen LogP contribution in [-0.2, 0) is 6.42 Å². The summed E-state index contributed by atoms with van der Waals surface area (Å²) in [6.07, 6.45) is 2.43. The predicted molar refractivity (Wildman–Crippen MR) is 71.9 cm³/mol. The third kappa shape index (κ3) is 3.97. The summed E-state index contributed by atoms with van der Waals surface area (Å²) in [4.78, 5) is 0. The Morgan fingerprint density at radius 2 is 1.81 bits per heavy atom. The van der Waals surface area contributed by atoms with Crippen LogP contribution < -0.4 is 5.32 Å². The first-order valence-electron chi connectivity index (χ1n) is 6.26. The molecule has 1 rings (SSSR count). The van der Waals surface area contributed by atoms with E-state index in [0.717, 1.165) is 5.92 Å². The molecule has 0 aliphatic carbocycles. The van der Waals surface area contributed by atoms with Crippen molar-refractivity contribution in [1.29, 1.82) is 0 Å². The van der Waals surface area contributed by atoms with Gasteiger partial charge in [-0.1, -0.05) is 25.1 Å². The van der Waals surface area contributed by atoms with E-state index in [9.17, 15) is 0 Å². The van der Waals surface area contributed by atoms with Gasteiger partial charge in [-0.25, -0.2) is 0 Å². The summed E-state index contributed by atoms with van der Waals surface area (Å²) in [6, 6.07) is 7.44. The van der Waals surface area contributed by atoms with Crippen LogP contribution in [0.3, 0.4) is 0 Å². The predicted octanol–water partition coefficient (Wildman–Crippen LogP) is 3.48. The van der Waals surface area contributed by atoms with Crippen molar-refractivity contribution in [1.82, 2.24) is 5.32 Å². The highest BCUT2D eigenvalue weighted by Gasteiger charge is 2.08. The normalized spacial score (nSPS) is 14.8. The number of aryl methyl sites for hydroxylation is 2. The minimum atomic E-state index is 0.613. The van der Waals surface area contributed by atoms with E-state index in [0.29, 0.717) is 6.04 Å². The van der Waals surface area contributed by atoms with Crippen molar-refractivity contribution in [3.05, 3.63) is 34.9 Å². The highest BCUT2D eigenvalue weighted by molar-refractivity contribution is 5.30. The molecule has 1 aromatic carbocycles. The second-order valence-corrected chi connectivity index (χ2v) is 5.15. The van der Waals surface area contributed by atoms with Gasteiger partial charge in [0.25, 0.3) is 0 Å². The molecule has 0 saturated carbocycles. The summed E-state index contributed by atoms with van der Waals surface area (Å²) in [6.45, 7) is 8.95. The van der Waals surface area contributed by atoms with Gasteiger partial charge in [0, 0.05) is 6.04 Å². The lowest BCUT2D eigenvalue weighted by Gasteiger charge is -2.17. The number of benzene rings is 1. The molecule has 1 heteroatoms. The third-order valence-electron chi connectivity index (χ3n) is 3.40. The largest absolute Gasteiger partial charge is 0.317 e. The molecule has 0 saturated heterocycles. The zero-order chi connectivity index (χ0) is 12.1. The first-order valence-corrected chi connectivity index (χ1v) is 6.26. The van der Waals surface area contributed by atoms with Crippen molar-refractivity contribution in [3.8, 4) is 0 Å². The Hall–Kier alpha value is -0.820. The molecule has 2 unspecified atom stereocenters. The molecule has 16 heavy (non-hydrogen) atoms. The van der Waals surface area contributed by atoms with Crippen LogP contribution >= 0.6 is 0 Å². The first-order chi connectivity index (χ1) is 7.52. The fourth-order valence-corrected chi connectivity index (χ4v) is 2.14. The molecule has 90 valence electrons. The van der Waals surface area contributed by atoms with E-state index < -0.39 is 0 Å². The average Bonchev–Trinajstić information content (AvgIpc) is 2.23. The van der Waals surface area contributed by atoms with Crippen molar-refractivity contribution >= 4 is 0 Å². The van der Waals surface area contributed by atoms with E-state index in [-0.39, 0.29) is 0 Å². The minimum absolute atomic E-state index is 0.613. The fraction of sp³-hybridized carbons (Fsp3) is 0.600. The topological polar surface area (TPSA) is 12.0 Å². The maximum atomic E-state index is 3.30. The van der Waals surface area contributed by atoms with E-state index in [4.69, 9.17) is 0 Å². The van der Waals surface area contributed by atoms with Crippen LogP contribution in [0.15, 0.2) is 18.2 Å². The Balaban J connectivity index is 2.56. The average molecular weight is 219 g/mol. The second-order valence-electron chi connectivity index (χ2n) is 5.15. The molecule has 0 bridgehead atoms. The summed E-state index contributed by atoms with van der Waals surface area (Å²) in [5.41, 5.74) is 4.27. The van der Waals surface area contributed by atoms with Crippen LogP contribution in [0.1, 0.15) is 37.0 Å². The van der Waals surface area contributed by atoms with Gasteiger partial charge in [-0.15, -0.1) is 0 Å². The summed E-state index contributed by atoms with van der Waals surface area (Å²) in [7, 11) is 2.04. The number of hydrogen-bond donors (Lipinski definition) is 1. The Bertz CT molecular complexity index is 330. The van der Waals surface area contributed by atoms with Gasteiger partial charge in [0.05, 0.1) is 0 Å². The van der Waals surface area contributed by atoms with Crippen LogP contribution in [-0.4, -0.2) is 13.1 Å². The van der Waals surface area contributed by atoms with E-state index in [2.05, 4.69) is 51.2 Å². The molecule has 1 nitrogen and oxygen atoms in total. The molecule has 0 fully saturated rings. The van der Waals surface area contributed by atoms with Gasteiger partial charge < -0.3 is 5.32 Å². The van der Waals surface area contributed by atoms with E-state index in [1.807, 2.05) is 7.05 Å². The second kappa shape index (κ2) is 6.05. The molecule has 0 aromatic heterocycles. The molecule has 0 heterocycles. The van der Waals surface area contributed by atoms with E-state index in [1.165, 1.54) is 29.5 Å². The lowest BCUT2D eigenvalue weighted by atomic mass is 9.93. The van der Waals surface area contributed by atoms with Gasteiger partial charge in [0.1, 0.15) is 0 Å². The van der Waals surface area contributed by atoms with Gasteiger partial charge in [0.2, 0.25) is 0 Å². The Kier molecular flexibility index (Phi) is 5.01. The molecule has 0 radical (unpaired) electrons. The van der Waals surface area contributed by atoms with Gasteiger partial charge in [-0.3, -0.25) is 0 Å². The number of hydrogen-bond acceptors (Lipinski definition) is 1. The SMILES string of the molecule is CNC(C)CC(C)Cc1ccc(C)c(C)c1. The quantitative estimate of drug-likeness (QED) is 0.799. The number of rotatable bonds is 5. The highest BCUT2D eigenvalue weighted by Crippen LogP contribution is 2.16. The number of nitrogens with one attached hydrogen (secondary N) is 1. The van der Waals surface area contributed by atoms with Gasteiger partial charge in [-0.2, -0.15) is 0 Å². The third-order valence-corrected chi connectivity index (χ3v) is 3.40. The van der Waals surface area contributed by atoms with Crippen LogP contribution in [0.25, 0.3) is 0 Å². The Morgan fingerprint density at radius 3 is 2.38 bits per heavy atom. The van der Waals surface area contributed by atoms with Crippen LogP contribution in [0, 0.1) is 19.8 Å². The zero-order valence-corrected chi connectivity index (χ0v) is 11.3. The zero-order valence-electron chi connectivity index (χ0n) is 11.3. The smallest absolute Gasteiger partial charge is 0.00383 e. The molecule has 0 spiro atoms. The first kappa shape index (κ1) is 13.2. The van der Waals surface area contributed by atoms with Gasteiger partial charge in [0.15, 0.2) is 0 Å². The van der Waals surface area contributed by atoms with Crippen LogP contribution in [0.4, 0.5) is 0 Å². The summed E-state index contributed by atoms with van der Waals surface area (Å²) < 4.78 is 0. The monoisotopic (exact) mass is 219 g/mol. The standard InChI is InChI=1S/C15H25N/c1-11(8-14(4)16-5)9-15-7-6-12(2)13(3)10-15/h6-7,10-11,14,16H,8-9H2,1-5H3. The minimum Gasteiger partial charge on any atom is -0.317 e. The highest BCUT2D eigenvalue weighted by atomic mass is 14.8. The van der Waals surface area contributed by atoms with E-state index in [1.54, 1.807) is 0 Å². The van der Waals surface area contributed by atoms with Crippen molar-refractivity contribution in [2.75, 3.05) is 7.05 Å². The van der Waals surface area contributed by atoms with Crippen molar-refractivity contribution < 1.29 is 0 Å². The summed E-state index contributed by atoms with van der Waals surface area (Å²) >= 11 is 0. The van der Waals surface area contributed by atoms with Gasteiger partial charge >= 0.3 is 0 Å². The molecule has 1 aromatic rings. The Labute approximate surface area is 100 Å². The molecule has 2 atom stereocenters. The lowest BCUT2D eigenvalue weighted by molar-refractivity contribution is 0.440. The summed E-state index contributed by atoms with van der Waals surface area (Å²) in [5.74, 6) is 0.740. The van der Waals surface area contributed by atoms with Crippen molar-refractivity contribution in [3.63, 3.8) is 0 Å².